The molecule has 0 atom stereocenters. The molecule has 0 amide bonds. The molecule has 1 heterocycles. The minimum Gasteiger partial charge on any atom is -0.481 e. The van der Waals surface area contributed by atoms with Gasteiger partial charge in [0, 0.05) is 11.8 Å². The van der Waals surface area contributed by atoms with Crippen molar-refractivity contribution in [3.05, 3.63) is 11.6 Å². The third-order valence-electron chi connectivity index (χ3n) is 3.35. The number of nitrogens with zero attached hydrogens (tertiary/aromatic N) is 2. The van der Waals surface area contributed by atoms with E-state index in [-0.39, 0.29) is 11.8 Å². The van der Waals surface area contributed by atoms with Gasteiger partial charge in [-0.1, -0.05) is 19.8 Å². The van der Waals surface area contributed by atoms with Gasteiger partial charge in [-0.2, -0.15) is 5.10 Å². The maximum atomic E-state index is 10.4. The first-order valence-electron chi connectivity index (χ1n) is 5.74. The van der Waals surface area contributed by atoms with Crippen molar-refractivity contribution < 1.29 is 9.90 Å². The van der Waals surface area contributed by atoms with Gasteiger partial charge in [0.05, 0.1) is 6.42 Å². The fraction of sp³-hybridized carbons (Fsp3) is 0.727. The lowest BCUT2D eigenvalue weighted by molar-refractivity contribution is -0.137. The molecule has 1 fully saturated rings. The molecule has 5 nitrogen and oxygen atoms in total. The maximum absolute atomic E-state index is 10.4. The second-order valence-corrected chi connectivity index (χ2v) is 4.77. The van der Waals surface area contributed by atoms with E-state index in [0.717, 1.165) is 18.7 Å². The van der Waals surface area contributed by atoms with Crippen LogP contribution in [0.25, 0.3) is 0 Å². The molecule has 1 aromatic rings. The standard InChI is InChI=1S/C11H17N3O2/c1-11(6-2-3-7-11)10-12-8(13-14-10)4-5-9(15)16/h2-7H2,1H3,(H,15,16)(H,12,13,14). The van der Waals surface area contributed by atoms with Crippen LogP contribution in [0, 0.1) is 0 Å². The molecule has 0 bridgehead atoms. The largest absolute Gasteiger partial charge is 0.481 e. The lowest BCUT2D eigenvalue weighted by atomic mass is 9.88. The summed E-state index contributed by atoms with van der Waals surface area (Å²) in [6.45, 7) is 2.18. The normalized spacial score (nSPS) is 18.8. The molecule has 0 aliphatic heterocycles. The van der Waals surface area contributed by atoms with E-state index >= 15 is 0 Å². The Morgan fingerprint density at radius 3 is 2.81 bits per heavy atom. The van der Waals surface area contributed by atoms with Gasteiger partial charge in [-0.3, -0.25) is 9.89 Å². The zero-order valence-electron chi connectivity index (χ0n) is 9.49. The van der Waals surface area contributed by atoms with Crippen molar-refractivity contribution in [2.75, 3.05) is 0 Å². The predicted octanol–water partition coefficient (Wildman–Crippen LogP) is 1.65. The molecule has 1 aromatic heterocycles. The van der Waals surface area contributed by atoms with Gasteiger partial charge in [0.25, 0.3) is 0 Å². The maximum Gasteiger partial charge on any atom is 0.303 e. The summed E-state index contributed by atoms with van der Waals surface area (Å²) in [5, 5.41) is 15.6. The summed E-state index contributed by atoms with van der Waals surface area (Å²) in [7, 11) is 0. The third-order valence-corrected chi connectivity index (χ3v) is 3.35. The second-order valence-electron chi connectivity index (χ2n) is 4.77. The van der Waals surface area contributed by atoms with Crippen LogP contribution in [0.15, 0.2) is 0 Å². The van der Waals surface area contributed by atoms with Gasteiger partial charge in [-0.05, 0) is 12.8 Å². The molecule has 0 spiro atoms. The monoisotopic (exact) mass is 223 g/mol. The van der Waals surface area contributed by atoms with Crippen molar-refractivity contribution in [2.45, 2.75) is 50.9 Å². The minimum absolute atomic E-state index is 0.0952. The Kier molecular flexibility index (Phi) is 2.94. The number of aliphatic carboxylic acids is 1. The number of carboxylic acid groups (broad SMARTS) is 1. The summed E-state index contributed by atoms with van der Waals surface area (Å²) in [4.78, 5) is 14.8. The SMILES string of the molecule is CC1(c2n[nH]c(CCC(=O)O)n2)CCCC1. The van der Waals surface area contributed by atoms with Gasteiger partial charge in [-0.15, -0.1) is 0 Å². The van der Waals surface area contributed by atoms with Crippen LogP contribution in [0.5, 0.6) is 0 Å². The number of aromatic amines is 1. The number of hydrogen-bond donors (Lipinski definition) is 2. The molecule has 1 aliphatic carbocycles. The van der Waals surface area contributed by atoms with E-state index in [2.05, 4.69) is 22.1 Å². The highest BCUT2D eigenvalue weighted by Crippen LogP contribution is 2.38. The van der Waals surface area contributed by atoms with Crippen molar-refractivity contribution in [2.24, 2.45) is 0 Å². The molecule has 0 unspecified atom stereocenters. The first-order chi connectivity index (χ1) is 7.60. The number of H-pyrrole nitrogens is 1. The summed E-state index contributed by atoms with van der Waals surface area (Å²) in [5.74, 6) is 0.737. The van der Waals surface area contributed by atoms with Crippen LogP contribution in [-0.4, -0.2) is 26.3 Å². The van der Waals surface area contributed by atoms with Crippen LogP contribution in [0.4, 0.5) is 0 Å². The molecule has 1 saturated carbocycles. The highest BCUT2D eigenvalue weighted by molar-refractivity contribution is 5.66. The van der Waals surface area contributed by atoms with E-state index in [1.165, 1.54) is 12.8 Å². The molecule has 0 radical (unpaired) electrons. The van der Waals surface area contributed by atoms with E-state index in [9.17, 15) is 4.79 Å². The first kappa shape index (κ1) is 11.1. The van der Waals surface area contributed by atoms with Crippen molar-refractivity contribution in [1.29, 1.82) is 0 Å². The van der Waals surface area contributed by atoms with E-state index in [4.69, 9.17) is 5.11 Å². The zero-order chi connectivity index (χ0) is 11.6. The van der Waals surface area contributed by atoms with Crippen molar-refractivity contribution in [3.8, 4) is 0 Å². The Morgan fingerprint density at radius 1 is 1.50 bits per heavy atom. The summed E-state index contributed by atoms with van der Waals surface area (Å²) in [5.41, 5.74) is 0.0952. The Balaban J connectivity index is 2.04. The van der Waals surface area contributed by atoms with Crippen LogP contribution >= 0.6 is 0 Å². The number of carboxylic acids is 1. The van der Waals surface area contributed by atoms with Gasteiger partial charge < -0.3 is 5.11 Å². The number of aromatic nitrogens is 3. The summed E-state index contributed by atoms with van der Waals surface area (Å²) >= 11 is 0. The summed E-state index contributed by atoms with van der Waals surface area (Å²) < 4.78 is 0. The van der Waals surface area contributed by atoms with E-state index in [0.29, 0.717) is 12.2 Å². The lowest BCUT2D eigenvalue weighted by Gasteiger charge is -2.18. The fourth-order valence-electron chi connectivity index (χ4n) is 2.28. The average molecular weight is 223 g/mol. The summed E-state index contributed by atoms with van der Waals surface area (Å²) in [6.07, 6.45) is 5.25. The second kappa shape index (κ2) is 4.23. The number of hydrogen-bond acceptors (Lipinski definition) is 3. The van der Waals surface area contributed by atoms with Crippen LogP contribution in [-0.2, 0) is 16.6 Å². The smallest absolute Gasteiger partial charge is 0.303 e. The van der Waals surface area contributed by atoms with E-state index in [1.54, 1.807) is 0 Å². The van der Waals surface area contributed by atoms with Crippen LogP contribution < -0.4 is 0 Å². The molecule has 5 heteroatoms. The molecular weight excluding hydrogens is 206 g/mol. The highest BCUT2D eigenvalue weighted by Gasteiger charge is 2.34. The molecule has 16 heavy (non-hydrogen) atoms. The first-order valence-corrected chi connectivity index (χ1v) is 5.74. The number of nitrogens with one attached hydrogen (secondary N) is 1. The Morgan fingerprint density at radius 2 is 2.19 bits per heavy atom. The molecule has 2 N–H and O–H groups in total. The Labute approximate surface area is 94.3 Å². The quantitative estimate of drug-likeness (QED) is 0.813. The fourth-order valence-corrected chi connectivity index (χ4v) is 2.28. The number of rotatable bonds is 4. The van der Waals surface area contributed by atoms with Gasteiger partial charge in [-0.25, -0.2) is 4.98 Å². The Hall–Kier alpha value is -1.39. The molecule has 1 aliphatic rings. The Bertz CT molecular complexity index is 380. The molecular formula is C11H17N3O2. The topological polar surface area (TPSA) is 78.9 Å². The number of carbonyl (C=O) groups is 1. The van der Waals surface area contributed by atoms with Gasteiger partial charge >= 0.3 is 5.97 Å². The van der Waals surface area contributed by atoms with E-state index in [1.807, 2.05) is 0 Å². The molecule has 0 aromatic carbocycles. The van der Waals surface area contributed by atoms with Gasteiger partial charge in [0.15, 0.2) is 5.82 Å². The average Bonchev–Trinajstić information content (AvgIpc) is 2.84. The third kappa shape index (κ3) is 2.23. The lowest BCUT2D eigenvalue weighted by Crippen LogP contribution is -2.18. The van der Waals surface area contributed by atoms with Crippen LogP contribution in [0.2, 0.25) is 0 Å². The highest BCUT2D eigenvalue weighted by atomic mass is 16.4. The van der Waals surface area contributed by atoms with Crippen molar-refractivity contribution in [3.63, 3.8) is 0 Å². The summed E-state index contributed by atoms with van der Waals surface area (Å²) in [6, 6.07) is 0. The zero-order valence-corrected chi connectivity index (χ0v) is 9.49. The molecule has 2 rings (SSSR count). The number of aryl methyl sites for hydroxylation is 1. The van der Waals surface area contributed by atoms with Gasteiger partial charge in [0.2, 0.25) is 0 Å². The van der Waals surface area contributed by atoms with Crippen molar-refractivity contribution >= 4 is 5.97 Å². The van der Waals surface area contributed by atoms with Crippen molar-refractivity contribution in [1.82, 2.24) is 15.2 Å². The van der Waals surface area contributed by atoms with E-state index < -0.39 is 5.97 Å². The van der Waals surface area contributed by atoms with Crippen LogP contribution in [0.1, 0.15) is 50.7 Å². The molecule has 88 valence electrons. The molecule has 0 saturated heterocycles. The van der Waals surface area contributed by atoms with Gasteiger partial charge in [0.1, 0.15) is 5.82 Å². The van der Waals surface area contributed by atoms with Crippen LogP contribution in [0.3, 0.4) is 0 Å². The minimum atomic E-state index is -0.801. The predicted molar refractivity (Wildman–Crippen MR) is 58.2 cm³/mol.